The summed E-state index contributed by atoms with van der Waals surface area (Å²) in [5, 5.41) is 0. The Morgan fingerprint density at radius 3 is 2.13 bits per heavy atom. The average molecular weight is 271 g/mol. The molecule has 84 valence electrons. The molecule has 0 aromatic heterocycles. The second kappa shape index (κ2) is 3.99. The van der Waals surface area contributed by atoms with Gasteiger partial charge in [-0.2, -0.15) is 8.42 Å². The van der Waals surface area contributed by atoms with Gasteiger partial charge in [0.05, 0.1) is 7.11 Å². The van der Waals surface area contributed by atoms with Gasteiger partial charge in [0, 0.05) is 10.7 Å². The summed E-state index contributed by atoms with van der Waals surface area (Å²) < 4.78 is 49.3. The Labute approximate surface area is 91.4 Å². The van der Waals surface area contributed by atoms with E-state index in [2.05, 4.69) is 0 Å². The molecule has 0 aliphatic carbocycles. The fourth-order valence-electron chi connectivity index (χ4n) is 0.933. The van der Waals surface area contributed by atoms with Crippen LogP contribution in [0.1, 0.15) is 0 Å². The lowest BCUT2D eigenvalue weighted by molar-refractivity contribution is 0.403. The van der Waals surface area contributed by atoms with Crippen molar-refractivity contribution in [1.29, 1.82) is 0 Å². The van der Waals surface area contributed by atoms with Crippen molar-refractivity contribution in [2.24, 2.45) is 0 Å². The van der Waals surface area contributed by atoms with E-state index in [0.29, 0.717) is 0 Å². The van der Waals surface area contributed by atoms with Gasteiger partial charge in [-0.05, 0) is 12.1 Å². The number of halogens is 1. The number of benzene rings is 1. The Hall–Kier alpha value is -0.790. The zero-order chi connectivity index (χ0) is 11.7. The predicted octanol–water partition coefficient (Wildman–Crippen LogP) is 0.953. The predicted molar refractivity (Wildman–Crippen MR) is 55.0 cm³/mol. The van der Waals surface area contributed by atoms with E-state index < -0.39 is 21.8 Å². The molecule has 0 amide bonds. The molecule has 0 bridgehead atoms. The Bertz CT molecular complexity index is 561. The lowest BCUT2D eigenvalue weighted by Crippen LogP contribution is -2.10. The standard InChI is InChI=1S/C7H7ClO5S2/c1-13-6-4-2-3-5-7(6)14(9,10)15(8,11)12/h2-5H,1H3. The van der Waals surface area contributed by atoms with E-state index >= 15 is 0 Å². The minimum Gasteiger partial charge on any atom is -0.495 e. The minimum atomic E-state index is -4.72. The summed E-state index contributed by atoms with van der Waals surface area (Å²) in [6.45, 7) is 0. The smallest absolute Gasteiger partial charge is 0.342 e. The summed E-state index contributed by atoms with van der Waals surface area (Å²) in [6.07, 6.45) is 0. The van der Waals surface area contributed by atoms with E-state index in [1.165, 1.54) is 25.3 Å². The molecule has 5 nitrogen and oxygen atoms in total. The van der Waals surface area contributed by atoms with E-state index in [9.17, 15) is 16.8 Å². The Morgan fingerprint density at radius 2 is 1.67 bits per heavy atom. The lowest BCUT2D eigenvalue weighted by atomic mass is 10.3. The molecule has 0 aliphatic heterocycles. The highest BCUT2D eigenvalue weighted by Crippen LogP contribution is 2.28. The van der Waals surface area contributed by atoms with E-state index in [-0.39, 0.29) is 5.75 Å². The van der Waals surface area contributed by atoms with Crippen molar-refractivity contribution in [3.63, 3.8) is 0 Å². The SMILES string of the molecule is COc1ccccc1S(=O)(=O)S(=O)(=O)Cl. The van der Waals surface area contributed by atoms with E-state index in [4.69, 9.17) is 15.4 Å². The lowest BCUT2D eigenvalue weighted by Gasteiger charge is -2.05. The van der Waals surface area contributed by atoms with Gasteiger partial charge in [0.2, 0.25) is 0 Å². The van der Waals surface area contributed by atoms with Crippen LogP contribution in [0, 0.1) is 0 Å². The first-order valence-electron chi connectivity index (χ1n) is 3.63. The van der Waals surface area contributed by atoms with Crippen molar-refractivity contribution >= 4 is 27.6 Å². The molecule has 0 saturated heterocycles. The number of para-hydroxylation sites is 1. The summed E-state index contributed by atoms with van der Waals surface area (Å²) in [4.78, 5) is -0.470. The zero-order valence-electron chi connectivity index (χ0n) is 7.55. The second-order valence-electron chi connectivity index (χ2n) is 2.50. The van der Waals surface area contributed by atoms with Crippen molar-refractivity contribution in [2.75, 3.05) is 7.11 Å². The van der Waals surface area contributed by atoms with Crippen molar-refractivity contribution in [3.8, 4) is 5.75 Å². The molecule has 0 radical (unpaired) electrons. The quantitative estimate of drug-likeness (QED) is 0.604. The second-order valence-corrected chi connectivity index (χ2v) is 9.03. The maximum absolute atomic E-state index is 11.4. The van der Waals surface area contributed by atoms with Gasteiger partial charge >= 0.3 is 8.08 Å². The molecule has 15 heavy (non-hydrogen) atoms. The summed E-state index contributed by atoms with van der Waals surface area (Å²) in [7, 11) is -3.28. The van der Waals surface area contributed by atoms with Crippen LogP contribution < -0.4 is 4.74 Å². The normalized spacial score (nSPS) is 12.4. The molecule has 0 fully saturated rings. The van der Waals surface area contributed by atoms with Crippen LogP contribution in [0.5, 0.6) is 5.75 Å². The van der Waals surface area contributed by atoms with Crippen LogP contribution in [0.4, 0.5) is 0 Å². The average Bonchev–Trinajstić information content (AvgIpc) is 2.16. The van der Waals surface area contributed by atoms with Crippen LogP contribution in [0.3, 0.4) is 0 Å². The first-order valence-corrected chi connectivity index (χ1v) is 7.94. The largest absolute Gasteiger partial charge is 0.495 e. The third kappa shape index (κ3) is 2.24. The third-order valence-corrected chi connectivity index (χ3v) is 6.60. The summed E-state index contributed by atoms with van der Waals surface area (Å²) in [6, 6.07) is 5.32. The molecule has 1 rings (SSSR count). The maximum Gasteiger partial charge on any atom is 0.342 e. The van der Waals surface area contributed by atoms with Gasteiger partial charge in [0.25, 0.3) is 8.87 Å². The van der Waals surface area contributed by atoms with Crippen LogP contribution in [0.15, 0.2) is 29.2 Å². The van der Waals surface area contributed by atoms with E-state index in [1.807, 2.05) is 0 Å². The van der Waals surface area contributed by atoms with E-state index in [0.717, 1.165) is 6.07 Å². The minimum absolute atomic E-state index is 0.0678. The summed E-state index contributed by atoms with van der Waals surface area (Å²) in [5.74, 6) is -0.0678. The van der Waals surface area contributed by atoms with Crippen LogP contribution in [0.25, 0.3) is 0 Å². The molecule has 0 spiro atoms. The number of hydrogen-bond acceptors (Lipinski definition) is 5. The maximum atomic E-state index is 11.4. The Morgan fingerprint density at radius 1 is 1.13 bits per heavy atom. The topological polar surface area (TPSA) is 77.5 Å². The van der Waals surface area contributed by atoms with Crippen LogP contribution in [-0.4, -0.2) is 23.9 Å². The number of rotatable bonds is 3. The number of hydrogen-bond donors (Lipinski definition) is 0. The summed E-state index contributed by atoms with van der Waals surface area (Å²) >= 11 is 0. The zero-order valence-corrected chi connectivity index (χ0v) is 9.93. The monoisotopic (exact) mass is 270 g/mol. The molecule has 1 aromatic carbocycles. The molecule has 0 aliphatic rings. The number of methoxy groups -OCH3 is 1. The van der Waals surface area contributed by atoms with Crippen molar-refractivity contribution in [2.45, 2.75) is 4.90 Å². The van der Waals surface area contributed by atoms with Gasteiger partial charge in [-0.3, -0.25) is 0 Å². The fourth-order valence-corrected chi connectivity index (χ4v) is 3.46. The molecule has 0 heterocycles. The highest BCUT2D eigenvalue weighted by Gasteiger charge is 2.32. The first kappa shape index (κ1) is 12.3. The van der Waals surface area contributed by atoms with Gasteiger partial charge < -0.3 is 4.74 Å². The van der Waals surface area contributed by atoms with E-state index in [1.54, 1.807) is 0 Å². The Balaban J connectivity index is 3.55. The Kier molecular flexibility index (Phi) is 3.27. The van der Waals surface area contributed by atoms with Gasteiger partial charge in [0.15, 0.2) is 0 Å². The van der Waals surface area contributed by atoms with Gasteiger partial charge in [0.1, 0.15) is 10.6 Å². The molecule has 8 heteroatoms. The van der Waals surface area contributed by atoms with Gasteiger partial charge in [-0.25, -0.2) is 8.42 Å². The molecule has 0 atom stereocenters. The van der Waals surface area contributed by atoms with Crippen LogP contribution in [-0.2, 0) is 17.0 Å². The van der Waals surface area contributed by atoms with Crippen LogP contribution >= 0.6 is 10.7 Å². The first-order chi connectivity index (χ1) is 6.80. The molecule has 1 aromatic rings. The number of ether oxygens (including phenoxy) is 1. The highest BCUT2D eigenvalue weighted by molar-refractivity contribution is 8.75. The molecular formula is C7H7ClO5S2. The highest BCUT2D eigenvalue weighted by atomic mass is 35.8. The fraction of sp³-hybridized carbons (Fsp3) is 0.143. The van der Waals surface area contributed by atoms with Crippen molar-refractivity contribution < 1.29 is 21.6 Å². The molecule has 0 unspecified atom stereocenters. The van der Waals surface area contributed by atoms with Crippen LogP contribution in [0.2, 0.25) is 0 Å². The molecular weight excluding hydrogens is 264 g/mol. The summed E-state index contributed by atoms with van der Waals surface area (Å²) in [5.41, 5.74) is 0. The third-order valence-electron chi connectivity index (χ3n) is 1.60. The van der Waals surface area contributed by atoms with Crippen molar-refractivity contribution in [3.05, 3.63) is 24.3 Å². The van der Waals surface area contributed by atoms with Gasteiger partial charge in [-0.15, -0.1) is 0 Å². The molecule has 0 saturated carbocycles. The van der Waals surface area contributed by atoms with Gasteiger partial charge in [-0.1, -0.05) is 12.1 Å². The molecule has 0 N–H and O–H groups in total. The van der Waals surface area contributed by atoms with Crippen molar-refractivity contribution in [1.82, 2.24) is 0 Å².